The maximum absolute atomic E-state index is 12.4. The number of carboxylic acids is 2. The highest BCUT2D eigenvalue weighted by Crippen LogP contribution is 2.32. The molecule has 5 fully saturated rings. The van der Waals surface area contributed by atoms with E-state index in [1.165, 1.54) is 83.5 Å². The molecule has 0 saturated heterocycles. The number of nitrogens with zero attached hydrogens (tertiary/aromatic N) is 3. The first kappa shape index (κ1) is 59.9. The van der Waals surface area contributed by atoms with Crippen LogP contribution in [0.25, 0.3) is 0 Å². The Morgan fingerprint density at radius 1 is 0.600 bits per heavy atom. The van der Waals surface area contributed by atoms with Crippen molar-refractivity contribution in [3.05, 3.63) is 73.7 Å². The Hall–Kier alpha value is -4.36. The summed E-state index contributed by atoms with van der Waals surface area (Å²) in [6.45, 7) is 11.2. The number of aromatic carboxylic acids is 1. The molecule has 3 aromatic heterocycles. The monoisotopic (exact) mass is 1110 g/mol. The zero-order chi connectivity index (χ0) is 51.1. The van der Waals surface area contributed by atoms with E-state index < -0.39 is 29.3 Å². The maximum Gasteiger partial charge on any atom is 0.490 e. The molecule has 0 bridgehead atoms. The molecule has 3 heterocycles. The minimum Gasteiger partial charge on any atom is -0.478 e. The number of ether oxygens (including phenoxy) is 2. The number of nitrogens with two attached hydrogens (primary N) is 1. The van der Waals surface area contributed by atoms with Crippen LogP contribution in [0.2, 0.25) is 0 Å². The molecule has 5 aliphatic carbocycles. The predicted octanol–water partition coefficient (Wildman–Crippen LogP) is 12.8. The number of halogens is 5. The summed E-state index contributed by atoms with van der Waals surface area (Å²) in [4.78, 5) is 57.5. The summed E-state index contributed by atoms with van der Waals surface area (Å²) >= 11 is 6.42. The van der Waals surface area contributed by atoms with Gasteiger partial charge >= 0.3 is 30.1 Å². The molecule has 0 spiro atoms. The van der Waals surface area contributed by atoms with Gasteiger partial charge in [0.1, 0.15) is 32.0 Å². The molecule has 5 aliphatic rings. The highest BCUT2D eigenvalue weighted by molar-refractivity contribution is 9.11. The normalized spacial score (nSPS) is 16.9. The van der Waals surface area contributed by atoms with Crippen LogP contribution in [-0.4, -0.2) is 84.5 Å². The summed E-state index contributed by atoms with van der Waals surface area (Å²) in [7, 11) is 0. The number of carbonyl (C=O) groups excluding carboxylic acids is 2. The summed E-state index contributed by atoms with van der Waals surface area (Å²) in [5.74, 6) is -1.24. The van der Waals surface area contributed by atoms with Crippen molar-refractivity contribution in [1.82, 2.24) is 15.0 Å². The van der Waals surface area contributed by atoms with Crippen molar-refractivity contribution in [2.45, 2.75) is 194 Å². The molecular weight excluding hydrogens is 1040 g/mol. The number of esters is 2. The average Bonchev–Trinajstić information content (AvgIpc) is 3.15. The number of hydrogen-bond acceptors (Lipinski definition) is 12. The van der Waals surface area contributed by atoms with Gasteiger partial charge in [-0.3, -0.25) is 0 Å². The number of rotatable bonds is 11. The van der Waals surface area contributed by atoms with Gasteiger partial charge in [-0.25, -0.2) is 34.1 Å². The number of pyridine rings is 3. The van der Waals surface area contributed by atoms with Gasteiger partial charge in [0.25, 0.3) is 0 Å². The molecule has 70 heavy (non-hydrogen) atoms. The van der Waals surface area contributed by atoms with Crippen molar-refractivity contribution in [1.29, 1.82) is 0 Å². The lowest BCUT2D eigenvalue weighted by molar-refractivity contribution is -0.192. The number of anilines is 2. The van der Waals surface area contributed by atoms with Gasteiger partial charge in [0, 0.05) is 29.5 Å². The number of aromatic nitrogens is 3. The summed E-state index contributed by atoms with van der Waals surface area (Å²) < 4.78 is 43.7. The second-order valence-electron chi connectivity index (χ2n) is 20.3. The molecule has 0 aliphatic heterocycles. The van der Waals surface area contributed by atoms with Crippen LogP contribution >= 0.6 is 31.9 Å². The number of alkyl halides is 3. The van der Waals surface area contributed by atoms with Crippen LogP contribution in [0.15, 0.2) is 45.6 Å². The Morgan fingerprint density at radius 3 is 1.20 bits per heavy atom. The third-order valence-corrected chi connectivity index (χ3v) is 12.6. The molecule has 0 amide bonds. The SMILES string of the molecule is C.CC(C)(C)OC(=O)c1cc(Br)nc(Br)c1.CC(C)(C)OC(=O)c1cc(CC2CCC2)nc(NC2CCC2)c1.NC1CCC1.O=C(O)C(F)(F)F.O=C(O)c1cc(CC2CCC2)nc(NC2CCC2)c1. The first-order valence-electron chi connectivity index (χ1n) is 23.8. The average molecular weight is 1110 g/mol. The zero-order valence-corrected chi connectivity index (χ0v) is 43.7. The lowest BCUT2D eigenvalue weighted by atomic mass is 9.82. The van der Waals surface area contributed by atoms with E-state index in [2.05, 4.69) is 52.5 Å². The highest BCUT2D eigenvalue weighted by atomic mass is 79.9. The third-order valence-electron chi connectivity index (χ3n) is 11.8. The Morgan fingerprint density at radius 2 is 0.929 bits per heavy atom. The standard InChI is InChI=1S/C19H28N2O2.C15H20N2O2.C10H11Br2NO2.C4H9N.C2HF3O2.CH4/c1-19(2,3)23-18(22)14-11-16(10-13-6-4-7-13)21-17(12-14)20-15-8-5-9-15;18-15(19)11-8-13(7-10-3-1-4-10)17-14(9-11)16-12-5-2-6-12;1-10(2,3)15-9(14)6-4-7(11)13-8(12)5-6;5-4-2-1-3-4;3-2(4,5)1(6)7;/h11-13,15H,4-10H2,1-3H3,(H,20,21);8-10,12H,1-7H2,(H,16,17)(H,18,19);4-5H,1-3H3;4H,1-3,5H2;(H,6,7);1H4. The summed E-state index contributed by atoms with van der Waals surface area (Å²) in [5, 5.41) is 23.1. The molecule has 390 valence electrons. The van der Waals surface area contributed by atoms with Crippen molar-refractivity contribution < 1.29 is 52.0 Å². The lowest BCUT2D eigenvalue weighted by Gasteiger charge is -2.28. The van der Waals surface area contributed by atoms with E-state index in [1.54, 1.807) is 24.3 Å². The van der Waals surface area contributed by atoms with Crippen LogP contribution in [-0.2, 0) is 27.1 Å². The number of nitrogens with one attached hydrogen (secondary N) is 2. The molecule has 6 N–H and O–H groups in total. The topological polar surface area (TPSA) is 216 Å². The van der Waals surface area contributed by atoms with Gasteiger partial charge in [-0.15, -0.1) is 0 Å². The predicted molar refractivity (Wildman–Crippen MR) is 272 cm³/mol. The molecule has 0 atom stereocenters. The van der Waals surface area contributed by atoms with E-state index in [4.69, 9.17) is 30.1 Å². The smallest absolute Gasteiger partial charge is 0.478 e. The first-order chi connectivity index (χ1) is 32.2. The molecule has 8 rings (SSSR count). The van der Waals surface area contributed by atoms with Crippen LogP contribution in [0.5, 0.6) is 0 Å². The van der Waals surface area contributed by atoms with Crippen molar-refractivity contribution in [2.24, 2.45) is 17.6 Å². The summed E-state index contributed by atoms with van der Waals surface area (Å²) in [6, 6.07) is 11.9. The molecule has 0 aromatic carbocycles. The molecule has 0 radical (unpaired) electrons. The second kappa shape index (κ2) is 27.5. The van der Waals surface area contributed by atoms with Gasteiger partial charge in [0.05, 0.1) is 16.7 Å². The van der Waals surface area contributed by atoms with E-state index in [9.17, 15) is 32.7 Å². The third kappa shape index (κ3) is 22.4. The van der Waals surface area contributed by atoms with Gasteiger partial charge in [-0.1, -0.05) is 52.4 Å². The highest BCUT2D eigenvalue weighted by Gasteiger charge is 2.38. The Balaban J connectivity index is 0.000000250. The Labute approximate surface area is 427 Å². The quantitative estimate of drug-likeness (QED) is 0.0892. The minimum absolute atomic E-state index is 0. The van der Waals surface area contributed by atoms with Crippen molar-refractivity contribution >= 4 is 67.4 Å². The largest absolute Gasteiger partial charge is 0.490 e. The maximum atomic E-state index is 12.4. The Bertz CT molecular complexity index is 2090. The summed E-state index contributed by atoms with van der Waals surface area (Å²) in [5.41, 5.74) is 7.79. The number of hydrogen-bond donors (Lipinski definition) is 5. The van der Waals surface area contributed by atoms with Crippen molar-refractivity contribution in [2.75, 3.05) is 10.6 Å². The second-order valence-corrected chi connectivity index (χ2v) is 21.9. The van der Waals surface area contributed by atoms with E-state index in [1.807, 2.05) is 53.7 Å². The fourth-order valence-corrected chi connectivity index (χ4v) is 8.09. The van der Waals surface area contributed by atoms with Crippen LogP contribution < -0.4 is 16.4 Å². The van der Waals surface area contributed by atoms with Crippen LogP contribution in [0.1, 0.15) is 188 Å². The molecular formula is C51H73Br2F3N6O8. The fraction of sp³-hybridized carbons (Fsp3) is 0.627. The zero-order valence-electron chi connectivity index (χ0n) is 40.5. The van der Waals surface area contributed by atoms with E-state index >= 15 is 0 Å². The lowest BCUT2D eigenvalue weighted by Crippen LogP contribution is -2.28. The van der Waals surface area contributed by atoms with Crippen molar-refractivity contribution in [3.63, 3.8) is 0 Å². The van der Waals surface area contributed by atoms with Gasteiger partial charge in [0.2, 0.25) is 0 Å². The number of carboxylic acid groups (broad SMARTS) is 2. The van der Waals surface area contributed by atoms with Gasteiger partial charge in [-0.2, -0.15) is 13.2 Å². The molecule has 0 unspecified atom stereocenters. The summed E-state index contributed by atoms with van der Waals surface area (Å²) in [6.07, 6.45) is 15.6. The van der Waals surface area contributed by atoms with Gasteiger partial charge < -0.3 is 36.1 Å². The van der Waals surface area contributed by atoms with Gasteiger partial charge in [0.15, 0.2) is 0 Å². The molecule has 5 saturated carbocycles. The number of carbonyl (C=O) groups is 4. The van der Waals surface area contributed by atoms with E-state index in [0.29, 0.717) is 49.9 Å². The van der Waals surface area contributed by atoms with Crippen LogP contribution in [0.3, 0.4) is 0 Å². The van der Waals surface area contributed by atoms with E-state index in [-0.39, 0.29) is 19.4 Å². The van der Waals surface area contributed by atoms with Crippen LogP contribution in [0.4, 0.5) is 24.8 Å². The van der Waals surface area contributed by atoms with E-state index in [0.717, 1.165) is 54.6 Å². The molecule has 19 heteroatoms. The first-order valence-corrected chi connectivity index (χ1v) is 25.4. The van der Waals surface area contributed by atoms with Gasteiger partial charge in [-0.05, 0) is 186 Å². The van der Waals surface area contributed by atoms with Crippen LogP contribution in [0, 0.1) is 11.8 Å². The number of aliphatic carboxylic acids is 1. The fourth-order valence-electron chi connectivity index (χ4n) is 6.98. The Kier molecular flexibility index (Phi) is 23.5. The van der Waals surface area contributed by atoms with Crippen molar-refractivity contribution in [3.8, 4) is 0 Å². The molecule has 14 nitrogen and oxygen atoms in total. The molecule has 3 aromatic rings. The minimum atomic E-state index is -5.08.